The van der Waals surface area contributed by atoms with Crippen molar-refractivity contribution in [1.29, 1.82) is 0 Å². The Morgan fingerprint density at radius 2 is 1.62 bits per heavy atom. The fourth-order valence-electron chi connectivity index (χ4n) is 6.86. The number of nitrogens with zero attached hydrogens (tertiary/aromatic N) is 5. The molecule has 2 N–H and O–H groups in total. The van der Waals surface area contributed by atoms with Crippen LogP contribution in [0.2, 0.25) is 0 Å². The smallest absolute Gasteiger partial charge is 0.255 e. The van der Waals surface area contributed by atoms with E-state index in [-0.39, 0.29) is 47.8 Å². The highest BCUT2D eigenvalue weighted by atomic mass is 16.5. The van der Waals surface area contributed by atoms with E-state index in [0.29, 0.717) is 69.0 Å². The van der Waals surface area contributed by atoms with E-state index in [2.05, 4.69) is 20.9 Å². The summed E-state index contributed by atoms with van der Waals surface area (Å²) in [4.78, 5) is 59.1. The van der Waals surface area contributed by atoms with Crippen LogP contribution in [-0.4, -0.2) is 92.8 Å². The van der Waals surface area contributed by atoms with Crippen LogP contribution in [0.4, 0.5) is 0 Å². The van der Waals surface area contributed by atoms with Crippen molar-refractivity contribution in [3.05, 3.63) is 71.5 Å². The minimum atomic E-state index is -0.867. The van der Waals surface area contributed by atoms with Gasteiger partial charge in [0.25, 0.3) is 5.91 Å². The second kappa shape index (κ2) is 17.5. The van der Waals surface area contributed by atoms with E-state index in [1.165, 1.54) is 4.90 Å². The molecular weight excluding hydrogens is 662 g/mol. The summed E-state index contributed by atoms with van der Waals surface area (Å²) in [6.45, 7) is 11.3. The monoisotopic (exact) mass is 715 g/mol. The maximum absolute atomic E-state index is 14.2. The summed E-state index contributed by atoms with van der Waals surface area (Å²) in [7, 11) is 1.65. The van der Waals surface area contributed by atoms with Gasteiger partial charge in [-0.15, -0.1) is 5.10 Å². The molecule has 1 aromatic heterocycles. The highest BCUT2D eigenvalue weighted by Gasteiger charge is 2.41. The lowest BCUT2D eigenvalue weighted by atomic mass is 9.99. The first-order chi connectivity index (χ1) is 24.9. The summed E-state index contributed by atoms with van der Waals surface area (Å²) in [5.74, 6) is -0.00191. The van der Waals surface area contributed by atoms with Gasteiger partial charge in [-0.2, -0.15) is 0 Å². The van der Waals surface area contributed by atoms with Crippen LogP contribution in [0, 0.1) is 11.8 Å². The van der Waals surface area contributed by atoms with E-state index >= 15 is 0 Å². The Morgan fingerprint density at radius 3 is 2.35 bits per heavy atom. The van der Waals surface area contributed by atoms with Gasteiger partial charge in [-0.3, -0.25) is 19.2 Å². The predicted molar refractivity (Wildman–Crippen MR) is 195 cm³/mol. The Labute approximate surface area is 306 Å². The third kappa shape index (κ3) is 9.89. The number of aromatic nitrogens is 3. The zero-order valence-corrected chi connectivity index (χ0v) is 31.2. The third-order valence-corrected chi connectivity index (χ3v) is 9.48. The van der Waals surface area contributed by atoms with Gasteiger partial charge >= 0.3 is 0 Å². The van der Waals surface area contributed by atoms with Crippen molar-refractivity contribution in [1.82, 2.24) is 35.4 Å². The predicted octanol–water partition coefficient (Wildman–Crippen LogP) is 4.01. The molecule has 0 aliphatic carbocycles. The molecule has 52 heavy (non-hydrogen) atoms. The molecule has 4 amide bonds. The number of para-hydroxylation sites is 1. The van der Waals surface area contributed by atoms with Crippen LogP contribution in [0.3, 0.4) is 0 Å². The lowest BCUT2D eigenvalue weighted by Gasteiger charge is -2.35. The van der Waals surface area contributed by atoms with Crippen molar-refractivity contribution in [3.8, 4) is 11.5 Å². The number of hydrogen-bond donors (Lipinski definition) is 2. The SMILES string of the molecule is CC(C)C[C@H]1NC(=O)c2ccccc2OCc2cn(nn2)CCOc2ccc(cc2)C[C@H](C)NC(=O)[C@H](CC(C)C)N(C)C(=O)[C@H]2CCCN2C1=O. The molecule has 6 rings (SSSR count). The number of ether oxygens (including phenoxy) is 2. The molecule has 1 fully saturated rings. The number of nitrogens with one attached hydrogen (secondary N) is 2. The first kappa shape index (κ1) is 38.3. The van der Waals surface area contributed by atoms with Crippen LogP contribution >= 0.6 is 0 Å². The summed E-state index contributed by atoms with van der Waals surface area (Å²) in [6, 6.07) is 12.1. The highest BCUT2D eigenvalue weighted by molar-refractivity contribution is 6.00. The number of fused-ring (bicyclic) bond motifs is 14. The van der Waals surface area contributed by atoms with Crippen molar-refractivity contribution >= 4 is 23.6 Å². The van der Waals surface area contributed by atoms with Crippen molar-refractivity contribution in [2.45, 2.75) is 104 Å². The number of benzene rings is 2. The van der Waals surface area contributed by atoms with E-state index in [1.54, 1.807) is 47.1 Å². The number of carbonyl (C=O) groups excluding carboxylic acids is 4. The average Bonchev–Trinajstić information content (AvgIpc) is 3.79. The number of carbonyl (C=O) groups is 4. The maximum atomic E-state index is 14.2. The fraction of sp³-hybridized carbons (Fsp3) is 0.538. The molecule has 280 valence electrons. The summed E-state index contributed by atoms with van der Waals surface area (Å²) >= 11 is 0. The molecule has 0 unspecified atom stereocenters. The quantitative estimate of drug-likeness (QED) is 0.412. The minimum absolute atomic E-state index is 0.0804. The van der Waals surface area contributed by atoms with Gasteiger partial charge in [0.1, 0.15) is 48.5 Å². The molecule has 4 bridgehead atoms. The van der Waals surface area contributed by atoms with Gasteiger partial charge in [-0.05, 0) is 80.7 Å². The molecular formula is C39H53N7O6. The number of likely N-dealkylation sites (N-methyl/N-ethyl adjacent to an activating group) is 1. The van der Waals surface area contributed by atoms with Gasteiger partial charge < -0.3 is 29.9 Å². The molecule has 3 aromatic rings. The molecule has 3 aliphatic heterocycles. The Kier molecular flexibility index (Phi) is 12.9. The van der Waals surface area contributed by atoms with Crippen LogP contribution in [0.25, 0.3) is 0 Å². The molecule has 0 saturated carbocycles. The maximum Gasteiger partial charge on any atom is 0.255 e. The molecule has 13 nitrogen and oxygen atoms in total. The van der Waals surface area contributed by atoms with Gasteiger partial charge in [0.05, 0.1) is 18.3 Å². The fourth-order valence-corrected chi connectivity index (χ4v) is 6.86. The first-order valence-electron chi connectivity index (χ1n) is 18.4. The van der Waals surface area contributed by atoms with Gasteiger partial charge in [-0.1, -0.05) is 57.2 Å². The van der Waals surface area contributed by atoms with Gasteiger partial charge in [0.2, 0.25) is 17.7 Å². The van der Waals surface area contributed by atoms with E-state index < -0.39 is 24.0 Å². The van der Waals surface area contributed by atoms with Crippen molar-refractivity contribution in [3.63, 3.8) is 0 Å². The lowest BCUT2D eigenvalue weighted by molar-refractivity contribution is -0.148. The summed E-state index contributed by atoms with van der Waals surface area (Å²) < 4.78 is 13.7. The zero-order valence-electron chi connectivity index (χ0n) is 31.2. The van der Waals surface area contributed by atoms with Gasteiger partial charge in [-0.25, -0.2) is 4.68 Å². The number of amides is 4. The molecule has 2 aromatic carbocycles. The normalized spacial score (nSPS) is 22.7. The van der Waals surface area contributed by atoms with Crippen molar-refractivity contribution < 1.29 is 28.7 Å². The van der Waals surface area contributed by atoms with E-state index in [4.69, 9.17) is 9.47 Å². The van der Waals surface area contributed by atoms with Gasteiger partial charge in [0, 0.05) is 19.6 Å². The van der Waals surface area contributed by atoms with E-state index in [1.807, 2.05) is 58.9 Å². The van der Waals surface area contributed by atoms with E-state index in [9.17, 15) is 19.2 Å². The van der Waals surface area contributed by atoms with Crippen LogP contribution in [0.1, 0.15) is 81.9 Å². The summed E-state index contributed by atoms with van der Waals surface area (Å²) in [5, 5.41) is 14.5. The third-order valence-electron chi connectivity index (χ3n) is 9.48. The molecule has 4 atom stereocenters. The van der Waals surface area contributed by atoms with Crippen molar-refractivity contribution in [2.75, 3.05) is 20.2 Å². The molecule has 3 aliphatic rings. The number of hydrogen-bond acceptors (Lipinski definition) is 8. The lowest BCUT2D eigenvalue weighted by Crippen LogP contribution is -2.57. The number of rotatable bonds is 4. The molecule has 13 heteroatoms. The Hall–Kier alpha value is -4.94. The second-order valence-corrected chi connectivity index (χ2v) is 14.8. The highest BCUT2D eigenvalue weighted by Crippen LogP contribution is 2.25. The van der Waals surface area contributed by atoms with Crippen LogP contribution in [0.5, 0.6) is 11.5 Å². The second-order valence-electron chi connectivity index (χ2n) is 14.8. The summed E-state index contributed by atoms with van der Waals surface area (Å²) in [6.07, 6.45) is 4.33. The minimum Gasteiger partial charge on any atom is -0.492 e. The molecule has 0 radical (unpaired) electrons. The van der Waals surface area contributed by atoms with Crippen molar-refractivity contribution in [2.24, 2.45) is 11.8 Å². The zero-order chi connectivity index (χ0) is 37.4. The first-order valence-corrected chi connectivity index (χ1v) is 18.4. The Bertz CT molecular complexity index is 1690. The van der Waals surface area contributed by atoms with Crippen LogP contribution in [0.15, 0.2) is 54.7 Å². The standard InChI is InChI=1S/C39H53N7O6/c1-25(2)20-32-38(49)46-17-9-11-33(46)39(50)44(6)34(21-26(3)4)37(48)40-27(5)22-28-13-15-30(16-14-28)51-19-18-45-23-29(42-43-45)24-52-35-12-8-7-10-31(35)36(47)41-32/h7-8,10,12-16,23,25-27,32-34H,9,11,17-22,24H2,1-6H3,(H,40,48)(H,41,47)/t27-,32+,33+,34-/m0/s1. The van der Waals surface area contributed by atoms with E-state index in [0.717, 1.165) is 5.56 Å². The molecule has 4 heterocycles. The molecule has 0 spiro atoms. The van der Waals surface area contributed by atoms with Crippen LogP contribution in [-0.2, 0) is 34.0 Å². The average molecular weight is 716 g/mol. The Morgan fingerprint density at radius 1 is 0.885 bits per heavy atom. The topological polar surface area (TPSA) is 148 Å². The van der Waals surface area contributed by atoms with Gasteiger partial charge in [0.15, 0.2) is 0 Å². The Balaban J connectivity index is 1.43. The van der Waals surface area contributed by atoms with Crippen LogP contribution < -0.4 is 20.1 Å². The summed E-state index contributed by atoms with van der Waals surface area (Å²) in [5.41, 5.74) is 1.89. The molecule has 1 saturated heterocycles. The largest absolute Gasteiger partial charge is 0.492 e.